The second-order valence-electron chi connectivity index (χ2n) is 30.1. The molecule has 0 aliphatic carbocycles. The zero-order valence-electron chi connectivity index (χ0n) is 63.9. The Morgan fingerprint density at radius 2 is 0.435 bits per heavy atom. The molecule has 0 fully saturated rings. The minimum Gasteiger partial charge on any atom is -0.449 e. The van der Waals surface area contributed by atoms with E-state index in [2.05, 4.69) is 13.8 Å². The number of amides is 1. The second-order valence-corrected chi connectivity index (χ2v) is 31.8. The number of carbonyl (C=O) groups is 1. The predicted molar refractivity (Wildman–Crippen MR) is 409 cm³/mol. The largest absolute Gasteiger partial charge is 0.449 e. The Hall–Kier alpha value is -0.860. The lowest BCUT2D eigenvalue weighted by molar-refractivity contribution is 0.0813. The van der Waals surface area contributed by atoms with Gasteiger partial charge in [-0.25, -0.2) is 4.79 Å². The highest BCUT2D eigenvalue weighted by atomic mass is 32.2. The van der Waals surface area contributed by atoms with Crippen LogP contribution in [0.15, 0.2) is 0 Å². The topological polar surface area (TPSA) is 76.1 Å². The average Bonchev–Trinajstić information content (AvgIpc) is 1.70. The third-order valence-electron chi connectivity index (χ3n) is 20.8. The van der Waals surface area contributed by atoms with Crippen LogP contribution in [0.25, 0.3) is 0 Å². The summed E-state index contributed by atoms with van der Waals surface area (Å²) >= 11 is 0. The monoisotopic (exact) mass is 1320 g/mol. The summed E-state index contributed by atoms with van der Waals surface area (Å²) in [6.45, 7) is 7.95. The summed E-state index contributed by atoms with van der Waals surface area (Å²) in [5.74, 6) is -0.166. The van der Waals surface area contributed by atoms with Gasteiger partial charge >= 0.3 is 16.4 Å². The maximum atomic E-state index is 12.9. The van der Waals surface area contributed by atoms with Gasteiger partial charge in [-0.15, -0.1) is 0 Å². The van der Waals surface area contributed by atoms with Crippen LogP contribution in [-0.4, -0.2) is 64.1 Å². The molecule has 0 aromatic rings. The third kappa shape index (κ3) is 71.9. The molecule has 7 nitrogen and oxygen atoms in total. The van der Waals surface area contributed by atoms with Gasteiger partial charge in [0.2, 0.25) is 0 Å². The van der Waals surface area contributed by atoms with Crippen LogP contribution in [0, 0.1) is 5.92 Å². The molecule has 0 aromatic carbocycles. The Balaban J connectivity index is 3.50. The van der Waals surface area contributed by atoms with Crippen molar-refractivity contribution in [3.8, 4) is 0 Å². The molecule has 1 unspecified atom stereocenters. The maximum Gasteiger partial charge on any atom is 0.409 e. The van der Waals surface area contributed by atoms with Crippen molar-refractivity contribution in [1.82, 2.24) is 9.21 Å². The van der Waals surface area contributed by atoms with Gasteiger partial charge in [0.25, 0.3) is 0 Å². The molecule has 0 radical (unpaired) electrons. The lowest BCUT2D eigenvalue weighted by Gasteiger charge is -2.21. The van der Waals surface area contributed by atoms with E-state index in [9.17, 15) is 13.2 Å². The fraction of sp³-hybridized carbons (Fsp3) is 0.988. The summed E-state index contributed by atoms with van der Waals surface area (Å²) in [6, 6.07) is 0. The van der Waals surface area contributed by atoms with Gasteiger partial charge in [-0.3, -0.25) is 4.18 Å². The highest BCUT2D eigenvalue weighted by Gasteiger charge is 2.22. The minimum atomic E-state index is -3.81. The van der Waals surface area contributed by atoms with Crippen LogP contribution in [0.4, 0.5) is 4.79 Å². The number of ether oxygens (including phenoxy) is 1. The first-order valence-corrected chi connectivity index (χ1v) is 44.1. The van der Waals surface area contributed by atoms with E-state index in [1.807, 2.05) is 6.92 Å². The standard InChI is InChI=1S/C84H170N2O5S/c1-6-9-11-13-15-17-19-21-23-25-27-29-31-33-35-37-39-41-43-44-45-46-48-50-52-54-56-58-60-62-64-66-68-70-72-74-76-78-80-86(5)92(88,89)91-82-83(8-3)81-90-84(87)85(4)79-77-75-73-71-69-67-65-63-61-59-57-55-53-51-49-47-42-40-38-36-34-32-30-28-26-24-22-20-18-16-14-12-10-7-2/h83H,6-82H2,1-5H3. The molecule has 0 aromatic heterocycles. The van der Waals surface area contributed by atoms with Crippen molar-refractivity contribution in [1.29, 1.82) is 0 Å². The summed E-state index contributed by atoms with van der Waals surface area (Å²) < 4.78 is 38.2. The van der Waals surface area contributed by atoms with Gasteiger partial charge in [-0.05, 0) is 19.3 Å². The van der Waals surface area contributed by atoms with E-state index in [4.69, 9.17) is 8.92 Å². The summed E-state index contributed by atoms with van der Waals surface area (Å²) in [7, 11) is -0.400. The van der Waals surface area contributed by atoms with Crippen LogP contribution in [0.5, 0.6) is 0 Å². The van der Waals surface area contributed by atoms with Crippen LogP contribution in [0.1, 0.15) is 489 Å². The van der Waals surface area contributed by atoms with Crippen LogP contribution < -0.4 is 0 Å². The highest BCUT2D eigenvalue weighted by molar-refractivity contribution is 7.84. The quantitative estimate of drug-likeness (QED) is 0.0567. The molecule has 0 aliphatic heterocycles. The van der Waals surface area contributed by atoms with Crippen LogP contribution in [-0.2, 0) is 19.2 Å². The molecule has 0 spiro atoms. The van der Waals surface area contributed by atoms with Gasteiger partial charge in [0.15, 0.2) is 0 Å². The Morgan fingerprint density at radius 1 is 0.261 bits per heavy atom. The molecule has 8 heteroatoms. The molecule has 0 N–H and O–H groups in total. The van der Waals surface area contributed by atoms with Gasteiger partial charge in [-0.2, -0.15) is 12.7 Å². The van der Waals surface area contributed by atoms with Gasteiger partial charge in [0.1, 0.15) is 0 Å². The van der Waals surface area contributed by atoms with E-state index in [-0.39, 0.29) is 25.2 Å². The van der Waals surface area contributed by atoms with Crippen molar-refractivity contribution in [2.45, 2.75) is 489 Å². The van der Waals surface area contributed by atoms with Crippen molar-refractivity contribution in [2.24, 2.45) is 5.92 Å². The summed E-state index contributed by atoms with van der Waals surface area (Å²) in [5, 5.41) is 0. The lowest BCUT2D eigenvalue weighted by Crippen LogP contribution is -2.33. The van der Waals surface area contributed by atoms with E-state index in [1.165, 1.54) is 435 Å². The summed E-state index contributed by atoms with van der Waals surface area (Å²) in [6.07, 6.45) is 101. The zero-order valence-corrected chi connectivity index (χ0v) is 64.7. The first-order chi connectivity index (χ1) is 45.3. The van der Waals surface area contributed by atoms with E-state index >= 15 is 0 Å². The maximum absolute atomic E-state index is 12.9. The van der Waals surface area contributed by atoms with Crippen molar-refractivity contribution in [3.05, 3.63) is 0 Å². The number of nitrogens with zero attached hydrogens (tertiary/aromatic N) is 2. The number of rotatable bonds is 81. The number of carbonyl (C=O) groups excluding carboxylic acids is 1. The van der Waals surface area contributed by atoms with Gasteiger partial charge in [0, 0.05) is 33.1 Å². The number of hydrogen-bond donors (Lipinski definition) is 0. The molecule has 0 saturated heterocycles. The average molecular weight is 1320 g/mol. The first kappa shape index (κ1) is 91.1. The molecule has 1 atom stereocenters. The fourth-order valence-corrected chi connectivity index (χ4v) is 14.8. The Bertz CT molecular complexity index is 1500. The molecule has 0 heterocycles. The van der Waals surface area contributed by atoms with Crippen molar-refractivity contribution in [2.75, 3.05) is 40.4 Å². The number of hydrogen-bond acceptors (Lipinski definition) is 5. The zero-order chi connectivity index (χ0) is 66.7. The highest BCUT2D eigenvalue weighted by Crippen LogP contribution is 2.22. The van der Waals surface area contributed by atoms with Crippen molar-refractivity contribution in [3.63, 3.8) is 0 Å². The van der Waals surface area contributed by atoms with Crippen molar-refractivity contribution >= 4 is 16.4 Å². The minimum absolute atomic E-state index is 0.0274. The van der Waals surface area contributed by atoms with Crippen LogP contribution in [0.3, 0.4) is 0 Å². The molecule has 92 heavy (non-hydrogen) atoms. The summed E-state index contributed by atoms with van der Waals surface area (Å²) in [5.41, 5.74) is 0. The van der Waals surface area contributed by atoms with Gasteiger partial charge in [-0.1, -0.05) is 470 Å². The smallest absolute Gasteiger partial charge is 0.409 e. The Morgan fingerprint density at radius 3 is 0.620 bits per heavy atom. The fourth-order valence-electron chi connectivity index (χ4n) is 13.9. The SMILES string of the molecule is CCCCCCCCCCCCCCCCCCCCCCCCCCCCCCCCCCCCCCCCN(C)S(=O)(=O)OCC(CC)COC(=O)N(C)CCCCCCCCCCCCCCCCCCCCCCCCCCCCCCCCCCCC. The number of unbranched alkanes of at least 4 members (excludes halogenated alkanes) is 70. The molecular formula is C84H170N2O5S. The Labute approximate surface area is 580 Å². The molecule has 552 valence electrons. The summed E-state index contributed by atoms with van der Waals surface area (Å²) in [4.78, 5) is 14.4. The second kappa shape index (κ2) is 77.5. The predicted octanol–water partition coefficient (Wildman–Crippen LogP) is 29.4. The molecule has 0 bridgehead atoms. The molecule has 0 saturated carbocycles. The van der Waals surface area contributed by atoms with Gasteiger partial charge < -0.3 is 9.64 Å². The van der Waals surface area contributed by atoms with Crippen LogP contribution >= 0.6 is 0 Å². The van der Waals surface area contributed by atoms with Crippen molar-refractivity contribution < 1.29 is 22.1 Å². The molecule has 0 aliphatic rings. The molecule has 0 rings (SSSR count). The lowest BCUT2D eigenvalue weighted by atomic mass is 10.0. The van der Waals surface area contributed by atoms with E-state index in [0.717, 1.165) is 32.1 Å². The van der Waals surface area contributed by atoms with Gasteiger partial charge in [0.05, 0.1) is 13.2 Å². The normalized spacial score (nSPS) is 12.3. The molecular weight excluding hydrogens is 1150 g/mol. The van der Waals surface area contributed by atoms with E-state index in [1.54, 1.807) is 19.0 Å². The molecule has 1 amide bonds. The van der Waals surface area contributed by atoms with E-state index in [0.29, 0.717) is 19.5 Å². The Kier molecular flexibility index (Phi) is 76.8. The van der Waals surface area contributed by atoms with E-state index < -0.39 is 10.3 Å². The van der Waals surface area contributed by atoms with Crippen LogP contribution in [0.2, 0.25) is 0 Å². The third-order valence-corrected chi connectivity index (χ3v) is 22.2. The first-order valence-electron chi connectivity index (χ1n) is 42.8.